The minimum atomic E-state index is -2.18. The molecule has 11 rings (SSSR count). The van der Waals surface area contributed by atoms with Gasteiger partial charge in [0, 0.05) is 68.2 Å². The van der Waals surface area contributed by atoms with Crippen molar-refractivity contribution in [2.75, 3.05) is 0 Å². The van der Waals surface area contributed by atoms with Gasteiger partial charge in [-0.25, -0.2) is 0 Å². The van der Waals surface area contributed by atoms with Crippen LogP contribution in [0.2, 0.25) is 0 Å². The van der Waals surface area contributed by atoms with Crippen LogP contribution in [0.3, 0.4) is 0 Å². The quantitative estimate of drug-likeness (QED) is 0.156. The van der Waals surface area contributed by atoms with Crippen LogP contribution in [0.1, 0.15) is 95.0 Å². The summed E-state index contributed by atoms with van der Waals surface area (Å²) in [6, 6.07) is 54.7. The number of pyridine rings is 1. The van der Waals surface area contributed by atoms with E-state index in [1.807, 2.05) is 18.2 Å². The zero-order chi connectivity index (χ0) is 49.3. The van der Waals surface area contributed by atoms with Gasteiger partial charge in [-0.3, -0.25) is 4.98 Å². The number of nitrogens with zero attached hydrogens (tertiary/aromatic N) is 3. The molecule has 0 aliphatic carbocycles. The van der Waals surface area contributed by atoms with E-state index in [0.717, 1.165) is 61.4 Å². The number of furan rings is 1. The van der Waals surface area contributed by atoms with Crippen LogP contribution in [0.5, 0.6) is 11.5 Å². The van der Waals surface area contributed by atoms with Crippen LogP contribution in [0.4, 0.5) is 0 Å². The zero-order valence-corrected chi connectivity index (χ0v) is 39.5. The van der Waals surface area contributed by atoms with Crippen LogP contribution in [-0.2, 0) is 25.5 Å². The molecule has 65 heavy (non-hydrogen) atoms. The van der Waals surface area contributed by atoms with Gasteiger partial charge in [0.25, 0.3) is 0 Å². The van der Waals surface area contributed by atoms with Crippen molar-refractivity contribution in [1.82, 2.24) is 14.5 Å². The molecule has 3 aromatic heterocycles. The third kappa shape index (κ3) is 7.90. The second-order valence-electron chi connectivity index (χ2n) is 17.6. The first-order valence-electron chi connectivity index (χ1n) is 24.8. The largest absolute Gasteiger partial charge is 0.500 e. The molecule has 1 aliphatic rings. The Balaban J connectivity index is 0.000000251. The summed E-state index contributed by atoms with van der Waals surface area (Å²) in [6.45, 7) is 9.33. The molecule has 1 aliphatic heterocycles. The van der Waals surface area contributed by atoms with Gasteiger partial charge in [0.1, 0.15) is 17.1 Å². The Bertz CT molecular complexity index is 3490. The molecule has 0 N–H and O–H groups in total. The summed E-state index contributed by atoms with van der Waals surface area (Å²) < 4.78 is 59.3. The third-order valence-electron chi connectivity index (χ3n) is 12.4. The van der Waals surface area contributed by atoms with E-state index < -0.39 is 13.7 Å². The van der Waals surface area contributed by atoms with Crippen molar-refractivity contribution < 1.29 is 37.5 Å². The summed E-state index contributed by atoms with van der Waals surface area (Å²) in [6.07, 6.45) is 1.30. The molecule has 6 heteroatoms. The molecule has 5 nitrogen and oxygen atoms in total. The summed E-state index contributed by atoms with van der Waals surface area (Å²) >= 11 is 0. The SMILES string of the molecule is CC(C)c1cc(-c2ccccc2)cc(C(C)C)c1-n1c(-c2[c-]ccc3c2oc2cc4c(cc23)C(C)(C)c2ccccc2O4)nc2ccccc21.[2H]C([2H])([2H])c1c[c-]c(-c2ccc(C([2H])([2H])[2H])cn2)cc1.[Ir]. The van der Waals surface area contributed by atoms with Gasteiger partial charge in [0.15, 0.2) is 0 Å². The van der Waals surface area contributed by atoms with Crippen molar-refractivity contribution in [2.24, 2.45) is 0 Å². The van der Waals surface area contributed by atoms with Crippen molar-refractivity contribution in [2.45, 2.75) is 72.5 Å². The Morgan fingerprint density at radius 1 is 0.677 bits per heavy atom. The molecule has 0 saturated heterocycles. The summed E-state index contributed by atoms with van der Waals surface area (Å²) in [5, 5.41) is 2.10. The van der Waals surface area contributed by atoms with E-state index in [0.29, 0.717) is 11.3 Å². The van der Waals surface area contributed by atoms with Crippen molar-refractivity contribution in [3.05, 3.63) is 197 Å². The number of rotatable bonds is 6. The van der Waals surface area contributed by atoms with E-state index >= 15 is 0 Å². The number of hydrogen-bond acceptors (Lipinski definition) is 4. The van der Waals surface area contributed by atoms with Gasteiger partial charge >= 0.3 is 0 Å². The second-order valence-corrected chi connectivity index (χ2v) is 17.6. The molecule has 0 spiro atoms. The van der Waals surface area contributed by atoms with Crippen LogP contribution in [0.25, 0.3) is 72.4 Å². The van der Waals surface area contributed by atoms with Gasteiger partial charge in [-0.2, -0.15) is 0 Å². The normalized spacial score (nSPS) is 14.5. The Labute approximate surface area is 404 Å². The fourth-order valence-corrected chi connectivity index (χ4v) is 9.02. The number of para-hydroxylation sites is 3. The Hall–Kier alpha value is -6.59. The van der Waals surface area contributed by atoms with Crippen LogP contribution in [0.15, 0.2) is 156 Å². The zero-order valence-electron chi connectivity index (χ0n) is 43.1. The van der Waals surface area contributed by atoms with E-state index in [1.165, 1.54) is 57.9 Å². The molecule has 0 fully saturated rings. The second kappa shape index (κ2) is 17.4. The Morgan fingerprint density at radius 3 is 2.11 bits per heavy atom. The smallest absolute Gasteiger partial charge is 0.135 e. The maximum absolute atomic E-state index is 7.28. The standard InChI is InChI=1S/C46H39N2O2.C13H12N.Ir/c1-27(2)33-23-30(29-15-8-7-9-16-29)24-34(28(3)4)43(33)48-39-21-12-11-20-38(39)47-45(48)32-18-14-17-31-35-25-37-42(26-41(35)50-44(31)32)49-40-22-13-10-19-36(40)46(37,5)6;1-10-3-6-12(7-4-10)13-8-5-11(2)9-14-13;/h7-17,19-28H,1-6H3;3-6,8-9H,1-2H3;/q2*-1;/i;1D3,2D3;. The molecule has 0 amide bonds. The minimum Gasteiger partial charge on any atom is -0.500 e. The minimum absolute atomic E-state index is 0. The number of ether oxygens (including phenoxy) is 1. The van der Waals surface area contributed by atoms with Gasteiger partial charge in [-0.1, -0.05) is 132 Å². The number of aryl methyl sites for hydroxylation is 2. The van der Waals surface area contributed by atoms with Crippen LogP contribution < -0.4 is 4.74 Å². The molecule has 0 saturated carbocycles. The van der Waals surface area contributed by atoms with Crippen molar-refractivity contribution in [3.63, 3.8) is 0 Å². The third-order valence-corrected chi connectivity index (χ3v) is 12.4. The van der Waals surface area contributed by atoms with Crippen LogP contribution >= 0.6 is 0 Å². The average Bonchev–Trinajstić information content (AvgIpc) is 3.91. The molecule has 4 heterocycles. The fraction of sp³-hybridized carbons (Fsp3) is 0.186. The predicted octanol–water partition coefficient (Wildman–Crippen LogP) is 15.9. The predicted molar refractivity (Wildman–Crippen MR) is 263 cm³/mol. The molecule has 0 atom stereocenters. The van der Waals surface area contributed by atoms with E-state index in [9.17, 15) is 0 Å². The molecule has 1 radical (unpaired) electrons. The summed E-state index contributed by atoms with van der Waals surface area (Å²) in [4.78, 5) is 9.41. The van der Waals surface area contributed by atoms with Gasteiger partial charge < -0.3 is 18.7 Å². The monoisotopic (exact) mass is 1030 g/mol. The first-order valence-corrected chi connectivity index (χ1v) is 21.8. The molecular formula is C59H51IrN3O2-2. The summed E-state index contributed by atoms with van der Waals surface area (Å²) in [5.74, 6) is 3.08. The topological polar surface area (TPSA) is 53.1 Å². The van der Waals surface area contributed by atoms with E-state index in [2.05, 4.69) is 160 Å². The first-order chi connectivity index (χ1) is 33.4. The van der Waals surface area contributed by atoms with Crippen molar-refractivity contribution in [1.29, 1.82) is 0 Å². The van der Waals surface area contributed by atoms with Crippen LogP contribution in [0, 0.1) is 25.8 Å². The van der Waals surface area contributed by atoms with Crippen molar-refractivity contribution >= 4 is 33.0 Å². The van der Waals surface area contributed by atoms with Gasteiger partial charge in [-0.15, -0.1) is 53.6 Å². The van der Waals surface area contributed by atoms with Gasteiger partial charge in [-0.05, 0) is 88.6 Å². The molecular weight excluding hydrogens is 975 g/mol. The first kappa shape index (κ1) is 36.7. The number of hydrogen-bond donors (Lipinski definition) is 0. The summed E-state index contributed by atoms with van der Waals surface area (Å²) in [5.41, 5.74) is 14.2. The Morgan fingerprint density at radius 2 is 1.40 bits per heavy atom. The van der Waals surface area contributed by atoms with Crippen molar-refractivity contribution in [3.8, 4) is 51.0 Å². The Kier molecular flexibility index (Phi) is 9.84. The number of imidazole rings is 1. The molecule has 325 valence electrons. The van der Waals surface area contributed by atoms with Gasteiger partial charge in [0.05, 0.1) is 22.4 Å². The number of fused-ring (bicyclic) bond motifs is 6. The van der Waals surface area contributed by atoms with Gasteiger partial charge in [0.2, 0.25) is 0 Å². The number of benzene rings is 7. The number of aromatic nitrogens is 3. The molecule has 0 unspecified atom stereocenters. The molecule has 7 aromatic carbocycles. The van der Waals surface area contributed by atoms with Crippen LogP contribution in [-0.4, -0.2) is 14.5 Å². The molecule has 10 aromatic rings. The summed E-state index contributed by atoms with van der Waals surface area (Å²) in [7, 11) is 0. The molecule has 0 bridgehead atoms. The van der Waals surface area contributed by atoms with E-state index in [1.54, 1.807) is 12.1 Å². The maximum atomic E-state index is 7.28. The fourth-order valence-electron chi connectivity index (χ4n) is 9.02. The van der Waals surface area contributed by atoms with E-state index in [4.69, 9.17) is 22.4 Å². The average molecular weight is 1030 g/mol. The van der Waals surface area contributed by atoms with E-state index in [-0.39, 0.29) is 48.5 Å². The maximum Gasteiger partial charge on any atom is 0.135 e.